The highest BCUT2D eigenvalue weighted by Gasteiger charge is 2.05. The van der Waals surface area contributed by atoms with Crippen LogP contribution in [-0.2, 0) is 14.3 Å². The number of carbonyl (C=O) groups is 2. The summed E-state index contributed by atoms with van der Waals surface area (Å²) >= 11 is 0. The summed E-state index contributed by atoms with van der Waals surface area (Å²) in [7, 11) is 0. The van der Waals surface area contributed by atoms with Gasteiger partial charge in [-0.15, -0.1) is 0 Å². The third kappa shape index (κ3) is 7.49. The Hall–Kier alpha value is -1.16. The van der Waals surface area contributed by atoms with Crippen LogP contribution in [0.25, 0.3) is 0 Å². The van der Waals surface area contributed by atoms with E-state index >= 15 is 0 Å². The smallest absolute Gasteiger partial charge is 0.306 e. The highest BCUT2D eigenvalue weighted by molar-refractivity contribution is 5.84. The lowest BCUT2D eigenvalue weighted by Crippen LogP contribution is -2.15. The number of allylic oxidation sites excluding steroid dienone is 1. The second-order valence-corrected chi connectivity index (χ2v) is 2.81. The van der Waals surface area contributed by atoms with Crippen molar-refractivity contribution in [3.63, 3.8) is 0 Å². The lowest BCUT2D eigenvalue weighted by Gasteiger charge is -2.00. The number of hydrogen-bond donors (Lipinski definition) is 1. The van der Waals surface area contributed by atoms with Crippen LogP contribution < -0.4 is 5.73 Å². The van der Waals surface area contributed by atoms with E-state index in [-0.39, 0.29) is 37.7 Å². The van der Waals surface area contributed by atoms with Crippen LogP contribution in [0.1, 0.15) is 26.2 Å². The van der Waals surface area contributed by atoms with E-state index in [9.17, 15) is 9.59 Å². The molecule has 4 nitrogen and oxygen atoms in total. The summed E-state index contributed by atoms with van der Waals surface area (Å²) in [5.41, 5.74) is 5.09. The second-order valence-electron chi connectivity index (χ2n) is 2.81. The van der Waals surface area contributed by atoms with E-state index in [2.05, 4.69) is 0 Å². The molecule has 0 aromatic heterocycles. The molecule has 0 saturated carbocycles. The Morgan fingerprint density at radius 1 is 1.29 bits per heavy atom. The van der Waals surface area contributed by atoms with Crippen molar-refractivity contribution in [2.75, 3.05) is 13.2 Å². The molecule has 0 bridgehead atoms. The molecule has 80 valence electrons. The predicted molar refractivity (Wildman–Crippen MR) is 53.7 cm³/mol. The highest BCUT2D eigenvalue weighted by atomic mass is 16.5. The van der Waals surface area contributed by atoms with Crippen molar-refractivity contribution in [2.24, 2.45) is 5.73 Å². The van der Waals surface area contributed by atoms with Crippen LogP contribution in [0.15, 0.2) is 12.2 Å². The van der Waals surface area contributed by atoms with Gasteiger partial charge in [0.15, 0.2) is 0 Å². The highest BCUT2D eigenvalue weighted by Crippen LogP contribution is 1.94. The fourth-order valence-electron chi connectivity index (χ4n) is 0.791. The van der Waals surface area contributed by atoms with Gasteiger partial charge in [-0.1, -0.05) is 19.1 Å². The summed E-state index contributed by atoms with van der Waals surface area (Å²) in [6.07, 6.45) is 4.91. The molecule has 0 heterocycles. The maximum Gasteiger partial charge on any atom is 0.306 e. The number of nitrogens with two attached hydrogens (primary N) is 1. The molecule has 0 atom stereocenters. The van der Waals surface area contributed by atoms with Crippen LogP contribution >= 0.6 is 0 Å². The number of Topliss-reactive ketones (excluding diaryl/α,β-unsaturated/α-hetero) is 1. The van der Waals surface area contributed by atoms with Gasteiger partial charge in [-0.2, -0.15) is 0 Å². The number of esters is 1. The fraction of sp³-hybridized carbons (Fsp3) is 0.600. The van der Waals surface area contributed by atoms with Crippen molar-refractivity contribution in [3.8, 4) is 0 Å². The molecular weight excluding hydrogens is 182 g/mol. The van der Waals surface area contributed by atoms with Gasteiger partial charge >= 0.3 is 5.97 Å². The minimum absolute atomic E-state index is 0.0109. The zero-order chi connectivity index (χ0) is 10.8. The van der Waals surface area contributed by atoms with Gasteiger partial charge in [0.25, 0.3) is 0 Å². The number of ether oxygens (including phenoxy) is 1. The average molecular weight is 199 g/mol. The maximum absolute atomic E-state index is 11.0. The van der Waals surface area contributed by atoms with E-state index in [0.717, 1.165) is 6.42 Å². The lowest BCUT2D eigenvalue weighted by atomic mass is 10.2. The fourth-order valence-corrected chi connectivity index (χ4v) is 0.791. The molecular formula is C10H17NO3. The molecule has 0 saturated heterocycles. The molecule has 0 aliphatic heterocycles. The topological polar surface area (TPSA) is 69.4 Å². The minimum Gasteiger partial charge on any atom is -0.461 e. The van der Waals surface area contributed by atoms with Crippen molar-refractivity contribution in [1.29, 1.82) is 0 Å². The van der Waals surface area contributed by atoms with Gasteiger partial charge in [-0.3, -0.25) is 9.59 Å². The number of carbonyl (C=O) groups excluding carboxylic acids is 2. The van der Waals surface area contributed by atoms with Crippen molar-refractivity contribution in [3.05, 3.63) is 12.2 Å². The number of hydrogen-bond acceptors (Lipinski definition) is 4. The Kier molecular flexibility index (Phi) is 7.74. The average Bonchev–Trinajstić information content (AvgIpc) is 2.21. The predicted octanol–water partition coefficient (Wildman–Crippen LogP) is 0.804. The Bertz CT molecular complexity index is 211. The molecule has 0 unspecified atom stereocenters. The van der Waals surface area contributed by atoms with Crippen molar-refractivity contribution in [1.82, 2.24) is 0 Å². The Labute approximate surface area is 84.1 Å². The number of ketones is 1. The molecule has 4 heteroatoms. The maximum atomic E-state index is 11.0. The Morgan fingerprint density at radius 2 is 2.00 bits per heavy atom. The van der Waals surface area contributed by atoms with Crippen LogP contribution in [0.3, 0.4) is 0 Å². The van der Waals surface area contributed by atoms with Crippen LogP contribution in [0.2, 0.25) is 0 Å². The first-order valence-electron chi connectivity index (χ1n) is 4.73. The van der Waals surface area contributed by atoms with E-state index in [1.165, 1.54) is 0 Å². The zero-order valence-corrected chi connectivity index (χ0v) is 8.49. The molecule has 0 amide bonds. The van der Waals surface area contributed by atoms with Crippen LogP contribution in [0.4, 0.5) is 0 Å². The quantitative estimate of drug-likeness (QED) is 0.486. The van der Waals surface area contributed by atoms with Crippen LogP contribution in [0, 0.1) is 0 Å². The zero-order valence-electron chi connectivity index (χ0n) is 8.49. The summed E-state index contributed by atoms with van der Waals surface area (Å²) in [5.74, 6) is -0.474. The summed E-state index contributed by atoms with van der Waals surface area (Å²) in [6.45, 7) is 2.27. The monoisotopic (exact) mass is 199 g/mol. The standard InChI is InChI=1S/C10H17NO3/c1-2-3-4-7-14-10(13)6-5-9(12)8-11/h3-4H,2,5-8,11H2,1H3. The first-order valence-corrected chi connectivity index (χ1v) is 4.73. The molecule has 14 heavy (non-hydrogen) atoms. The molecule has 0 rings (SSSR count). The van der Waals surface area contributed by atoms with Crippen LogP contribution in [-0.4, -0.2) is 24.9 Å². The Morgan fingerprint density at radius 3 is 2.57 bits per heavy atom. The van der Waals surface area contributed by atoms with Gasteiger partial charge in [0, 0.05) is 6.42 Å². The van der Waals surface area contributed by atoms with E-state index in [4.69, 9.17) is 10.5 Å². The van der Waals surface area contributed by atoms with Gasteiger partial charge in [0.05, 0.1) is 13.0 Å². The van der Waals surface area contributed by atoms with Gasteiger partial charge < -0.3 is 10.5 Å². The SMILES string of the molecule is CCC=CCOC(=O)CCC(=O)CN. The molecule has 0 fully saturated rings. The largest absolute Gasteiger partial charge is 0.461 e. The molecule has 0 radical (unpaired) electrons. The van der Waals surface area contributed by atoms with Crippen LogP contribution in [0.5, 0.6) is 0 Å². The summed E-state index contributed by atoms with van der Waals surface area (Å²) in [6, 6.07) is 0. The lowest BCUT2D eigenvalue weighted by molar-refractivity contribution is -0.143. The third-order valence-corrected chi connectivity index (χ3v) is 1.58. The first-order chi connectivity index (χ1) is 6.70. The number of rotatable bonds is 7. The first kappa shape index (κ1) is 12.8. The molecule has 0 aliphatic rings. The molecule has 2 N–H and O–H groups in total. The summed E-state index contributed by atoms with van der Waals surface area (Å²) < 4.78 is 4.82. The molecule has 0 spiro atoms. The van der Waals surface area contributed by atoms with Crippen molar-refractivity contribution in [2.45, 2.75) is 26.2 Å². The normalized spacial score (nSPS) is 10.4. The second kappa shape index (κ2) is 8.44. The molecule has 0 aliphatic carbocycles. The van der Waals surface area contributed by atoms with Crippen molar-refractivity contribution < 1.29 is 14.3 Å². The minimum atomic E-state index is -0.354. The van der Waals surface area contributed by atoms with E-state index < -0.39 is 0 Å². The summed E-state index contributed by atoms with van der Waals surface area (Å²) in [4.78, 5) is 21.7. The van der Waals surface area contributed by atoms with E-state index in [0.29, 0.717) is 0 Å². The van der Waals surface area contributed by atoms with Gasteiger partial charge in [-0.25, -0.2) is 0 Å². The van der Waals surface area contributed by atoms with Gasteiger partial charge in [-0.05, 0) is 6.42 Å². The summed E-state index contributed by atoms with van der Waals surface area (Å²) in [5, 5.41) is 0. The van der Waals surface area contributed by atoms with E-state index in [1.54, 1.807) is 6.08 Å². The Balaban J connectivity index is 3.46. The van der Waals surface area contributed by atoms with E-state index in [1.807, 2.05) is 13.0 Å². The van der Waals surface area contributed by atoms with Gasteiger partial charge in [0.1, 0.15) is 12.4 Å². The third-order valence-electron chi connectivity index (χ3n) is 1.58. The molecule has 0 aromatic rings. The van der Waals surface area contributed by atoms with Gasteiger partial charge in [0.2, 0.25) is 0 Å². The van der Waals surface area contributed by atoms with Crippen molar-refractivity contribution >= 4 is 11.8 Å². The molecule has 0 aromatic carbocycles.